The molecule has 1 N–H and O–H groups in total. The predicted molar refractivity (Wildman–Crippen MR) is 103 cm³/mol. The summed E-state index contributed by atoms with van der Waals surface area (Å²) in [5, 5.41) is 5.80. The Hall–Kier alpha value is -2.52. The van der Waals surface area contributed by atoms with Crippen molar-refractivity contribution in [1.29, 1.82) is 0 Å². The molecule has 3 rings (SSSR count). The van der Waals surface area contributed by atoms with Gasteiger partial charge < -0.3 is 10.1 Å². The number of anilines is 1. The van der Waals surface area contributed by atoms with Crippen LogP contribution in [0.4, 0.5) is 5.69 Å². The molecule has 0 aliphatic rings. The van der Waals surface area contributed by atoms with E-state index in [1.807, 2.05) is 62.4 Å². The van der Waals surface area contributed by atoms with Gasteiger partial charge in [0.1, 0.15) is 5.75 Å². The summed E-state index contributed by atoms with van der Waals surface area (Å²) in [6.45, 7) is 3.84. The normalized spacial score (nSPS) is 12.0. The van der Waals surface area contributed by atoms with Crippen molar-refractivity contribution in [3.8, 4) is 5.75 Å². The Kier molecular flexibility index (Phi) is 5.25. The van der Waals surface area contributed by atoms with Gasteiger partial charge in [0.2, 0.25) is 0 Å². The highest BCUT2D eigenvalue weighted by atomic mass is 35.5. The van der Waals surface area contributed by atoms with E-state index in [-0.39, 0.29) is 5.91 Å². The first kappa shape index (κ1) is 17.3. The number of benzene rings is 3. The fourth-order valence-electron chi connectivity index (χ4n) is 2.71. The van der Waals surface area contributed by atoms with Crippen LogP contribution in [0.2, 0.25) is 5.02 Å². The highest BCUT2D eigenvalue weighted by Crippen LogP contribution is 2.23. The lowest BCUT2D eigenvalue weighted by Gasteiger charge is -2.18. The minimum absolute atomic E-state index is 0.166. The third-order valence-corrected chi connectivity index (χ3v) is 4.34. The van der Waals surface area contributed by atoms with Gasteiger partial charge in [-0.2, -0.15) is 0 Å². The lowest BCUT2D eigenvalue weighted by atomic mass is 10.1. The molecule has 3 aromatic carbocycles. The second kappa shape index (κ2) is 7.58. The number of fused-ring (bicyclic) bond motifs is 1. The Labute approximate surface area is 152 Å². The maximum absolute atomic E-state index is 12.6. The number of carbonyl (C=O) groups is 1. The van der Waals surface area contributed by atoms with E-state index in [2.05, 4.69) is 5.32 Å². The van der Waals surface area contributed by atoms with Crippen molar-refractivity contribution in [3.05, 3.63) is 71.2 Å². The monoisotopic (exact) mass is 353 g/mol. The molecule has 1 atom stereocenters. The van der Waals surface area contributed by atoms with E-state index in [0.29, 0.717) is 17.2 Å². The van der Waals surface area contributed by atoms with E-state index in [1.165, 1.54) is 0 Å². The number of carbonyl (C=O) groups excluding carboxylic acids is 1. The second-order valence-electron chi connectivity index (χ2n) is 5.97. The number of halogens is 1. The predicted octanol–water partition coefficient (Wildman–Crippen LogP) is 5.60. The van der Waals surface area contributed by atoms with Crippen molar-refractivity contribution in [2.75, 3.05) is 5.32 Å². The zero-order valence-electron chi connectivity index (χ0n) is 14.3. The zero-order chi connectivity index (χ0) is 17.8. The molecule has 0 bridgehead atoms. The number of aryl methyl sites for hydroxylation is 1. The molecule has 0 heterocycles. The summed E-state index contributed by atoms with van der Waals surface area (Å²) in [7, 11) is 0. The van der Waals surface area contributed by atoms with Gasteiger partial charge in [0.25, 0.3) is 5.91 Å². The highest BCUT2D eigenvalue weighted by molar-refractivity contribution is 6.30. The van der Waals surface area contributed by atoms with Crippen LogP contribution in [0.25, 0.3) is 10.8 Å². The van der Waals surface area contributed by atoms with Crippen LogP contribution in [0.15, 0.2) is 60.7 Å². The summed E-state index contributed by atoms with van der Waals surface area (Å²) in [5.74, 6) is 0.523. The molecule has 0 radical (unpaired) electrons. The molecule has 0 saturated heterocycles. The molecule has 0 aromatic heterocycles. The number of hydrogen-bond donors (Lipinski definition) is 1. The van der Waals surface area contributed by atoms with Crippen molar-refractivity contribution < 1.29 is 9.53 Å². The van der Waals surface area contributed by atoms with Crippen molar-refractivity contribution in [2.45, 2.75) is 26.4 Å². The lowest BCUT2D eigenvalue weighted by Crippen LogP contribution is -2.32. The van der Waals surface area contributed by atoms with Gasteiger partial charge in [-0.05, 0) is 60.0 Å². The fraction of sp³-hybridized carbons (Fsp3) is 0.190. The summed E-state index contributed by atoms with van der Waals surface area (Å²) in [4.78, 5) is 12.6. The Morgan fingerprint density at radius 2 is 1.84 bits per heavy atom. The summed E-state index contributed by atoms with van der Waals surface area (Å²) < 4.78 is 5.93. The van der Waals surface area contributed by atoms with Crippen LogP contribution in [0.3, 0.4) is 0 Å². The molecule has 0 fully saturated rings. The summed E-state index contributed by atoms with van der Waals surface area (Å²) in [6, 6.07) is 19.3. The Balaban J connectivity index is 1.75. The van der Waals surface area contributed by atoms with E-state index in [0.717, 1.165) is 22.0 Å². The Morgan fingerprint density at radius 3 is 2.56 bits per heavy atom. The van der Waals surface area contributed by atoms with Crippen LogP contribution >= 0.6 is 11.6 Å². The fourth-order valence-corrected chi connectivity index (χ4v) is 2.93. The first-order valence-corrected chi connectivity index (χ1v) is 8.67. The largest absolute Gasteiger partial charge is 0.481 e. The van der Waals surface area contributed by atoms with E-state index < -0.39 is 6.10 Å². The van der Waals surface area contributed by atoms with Gasteiger partial charge in [-0.25, -0.2) is 0 Å². The molecular formula is C21H20ClNO2. The minimum Gasteiger partial charge on any atom is -0.481 e. The van der Waals surface area contributed by atoms with E-state index in [4.69, 9.17) is 16.3 Å². The number of ether oxygens (including phenoxy) is 1. The molecule has 128 valence electrons. The average Bonchev–Trinajstić information content (AvgIpc) is 2.61. The molecule has 1 amide bonds. The molecule has 25 heavy (non-hydrogen) atoms. The molecule has 0 aliphatic heterocycles. The van der Waals surface area contributed by atoms with Crippen molar-refractivity contribution in [1.82, 2.24) is 0 Å². The van der Waals surface area contributed by atoms with Crippen LogP contribution in [-0.2, 0) is 4.79 Å². The third kappa shape index (κ3) is 4.12. The Morgan fingerprint density at radius 1 is 1.08 bits per heavy atom. The zero-order valence-corrected chi connectivity index (χ0v) is 15.0. The maximum Gasteiger partial charge on any atom is 0.265 e. The van der Waals surface area contributed by atoms with Crippen LogP contribution in [0.5, 0.6) is 5.75 Å². The smallest absolute Gasteiger partial charge is 0.265 e. The number of rotatable bonds is 5. The molecule has 0 saturated carbocycles. The van der Waals surface area contributed by atoms with Crippen molar-refractivity contribution in [2.24, 2.45) is 0 Å². The second-order valence-corrected chi connectivity index (χ2v) is 6.41. The van der Waals surface area contributed by atoms with Crippen LogP contribution in [-0.4, -0.2) is 12.0 Å². The SMILES string of the molecule is CC[C@@H](Oc1ccc2ccccc2c1)C(=O)Nc1ccc(Cl)cc1C. The van der Waals surface area contributed by atoms with Crippen LogP contribution < -0.4 is 10.1 Å². The van der Waals surface area contributed by atoms with Gasteiger partial charge in [0.15, 0.2) is 6.10 Å². The van der Waals surface area contributed by atoms with Crippen molar-refractivity contribution in [3.63, 3.8) is 0 Å². The molecule has 0 aliphatic carbocycles. The summed E-state index contributed by atoms with van der Waals surface area (Å²) in [5.41, 5.74) is 1.66. The van der Waals surface area contributed by atoms with Gasteiger partial charge >= 0.3 is 0 Å². The Bertz CT molecular complexity index is 907. The molecule has 4 heteroatoms. The molecule has 3 nitrogen and oxygen atoms in total. The van der Waals surface area contributed by atoms with Crippen molar-refractivity contribution >= 4 is 34.0 Å². The molecule has 0 spiro atoms. The van der Waals surface area contributed by atoms with Gasteiger partial charge in [0, 0.05) is 10.7 Å². The van der Waals surface area contributed by atoms with Gasteiger partial charge in [-0.15, -0.1) is 0 Å². The minimum atomic E-state index is -0.559. The quantitative estimate of drug-likeness (QED) is 0.648. The van der Waals surface area contributed by atoms with E-state index in [9.17, 15) is 4.79 Å². The molecular weight excluding hydrogens is 334 g/mol. The number of hydrogen-bond acceptors (Lipinski definition) is 2. The first-order valence-electron chi connectivity index (χ1n) is 8.29. The first-order chi connectivity index (χ1) is 12.1. The standard InChI is InChI=1S/C21H20ClNO2/c1-3-20(21(24)23-19-11-9-17(22)12-14(19)2)25-18-10-8-15-6-4-5-7-16(15)13-18/h4-13,20H,3H2,1-2H3,(H,23,24)/t20-/m1/s1. The van der Waals surface area contributed by atoms with E-state index in [1.54, 1.807) is 12.1 Å². The topological polar surface area (TPSA) is 38.3 Å². The lowest BCUT2D eigenvalue weighted by molar-refractivity contribution is -0.122. The van der Waals surface area contributed by atoms with Gasteiger partial charge in [-0.3, -0.25) is 4.79 Å². The maximum atomic E-state index is 12.6. The summed E-state index contributed by atoms with van der Waals surface area (Å²) in [6.07, 6.45) is 0.0157. The summed E-state index contributed by atoms with van der Waals surface area (Å²) >= 11 is 5.96. The van der Waals surface area contributed by atoms with E-state index >= 15 is 0 Å². The number of amides is 1. The molecule has 3 aromatic rings. The highest BCUT2D eigenvalue weighted by Gasteiger charge is 2.19. The average molecular weight is 354 g/mol. The van der Waals surface area contributed by atoms with Crippen LogP contribution in [0, 0.1) is 6.92 Å². The van der Waals surface area contributed by atoms with Crippen LogP contribution in [0.1, 0.15) is 18.9 Å². The van der Waals surface area contributed by atoms with Gasteiger partial charge in [0.05, 0.1) is 0 Å². The number of nitrogens with one attached hydrogen (secondary N) is 1. The third-order valence-electron chi connectivity index (χ3n) is 4.11. The van der Waals surface area contributed by atoms with Gasteiger partial charge in [-0.1, -0.05) is 48.9 Å². The molecule has 0 unspecified atom stereocenters.